The highest BCUT2D eigenvalue weighted by molar-refractivity contribution is 6.31. The quantitative estimate of drug-likeness (QED) is 0.539. The Morgan fingerprint density at radius 1 is 1.38 bits per heavy atom. The van der Waals surface area contributed by atoms with Gasteiger partial charge in [-0.2, -0.15) is 0 Å². The summed E-state index contributed by atoms with van der Waals surface area (Å²) in [5.41, 5.74) is 4.21. The van der Waals surface area contributed by atoms with E-state index in [2.05, 4.69) is 10.4 Å². The molecule has 1 aromatic carbocycles. The van der Waals surface area contributed by atoms with Gasteiger partial charge in [-0.15, -0.1) is 0 Å². The number of pyridine rings is 1. The number of anilines is 1. The molecule has 4 heteroatoms. The molecular weight excluding hydrogens is 186 g/mol. The molecule has 1 aromatic heterocycles. The van der Waals surface area contributed by atoms with E-state index >= 15 is 0 Å². The number of hydrogen-bond acceptors (Lipinski definition) is 3. The predicted molar refractivity (Wildman–Crippen MR) is 54.6 cm³/mol. The average Bonchev–Trinajstić information content (AvgIpc) is 2.16. The monoisotopic (exact) mass is 193 g/mol. The van der Waals surface area contributed by atoms with Crippen LogP contribution >= 0.6 is 11.6 Å². The molecule has 0 amide bonds. The van der Waals surface area contributed by atoms with Crippen molar-refractivity contribution in [2.75, 3.05) is 5.43 Å². The van der Waals surface area contributed by atoms with Crippen LogP contribution in [0.5, 0.6) is 0 Å². The Balaban J connectivity index is 2.81. The van der Waals surface area contributed by atoms with Crippen molar-refractivity contribution in [1.82, 2.24) is 4.98 Å². The maximum absolute atomic E-state index is 5.87. The standard InChI is InChI=1S/C9H8ClN3/c10-6-4-8-7(2-1-3-12-8)9(5-6)13-11/h1-5,13H,11H2. The Hall–Kier alpha value is -1.32. The van der Waals surface area contributed by atoms with E-state index in [0.717, 1.165) is 16.6 Å². The number of nitrogens with two attached hydrogens (primary N) is 1. The molecule has 0 unspecified atom stereocenters. The molecule has 0 aliphatic carbocycles. The molecule has 66 valence electrons. The number of benzene rings is 1. The summed E-state index contributed by atoms with van der Waals surface area (Å²) in [4.78, 5) is 4.17. The third kappa shape index (κ3) is 1.43. The van der Waals surface area contributed by atoms with Crippen molar-refractivity contribution in [2.45, 2.75) is 0 Å². The van der Waals surface area contributed by atoms with Gasteiger partial charge >= 0.3 is 0 Å². The Morgan fingerprint density at radius 3 is 3.00 bits per heavy atom. The number of nitrogens with zero attached hydrogens (tertiary/aromatic N) is 1. The fourth-order valence-electron chi connectivity index (χ4n) is 1.27. The Kier molecular flexibility index (Phi) is 2.04. The number of nitrogens with one attached hydrogen (secondary N) is 1. The highest BCUT2D eigenvalue weighted by atomic mass is 35.5. The van der Waals surface area contributed by atoms with E-state index in [1.54, 1.807) is 18.3 Å². The van der Waals surface area contributed by atoms with Crippen LogP contribution < -0.4 is 11.3 Å². The second-order valence-electron chi connectivity index (χ2n) is 2.67. The number of hydrogen-bond donors (Lipinski definition) is 2. The van der Waals surface area contributed by atoms with Crippen molar-refractivity contribution in [3.05, 3.63) is 35.5 Å². The maximum atomic E-state index is 5.87. The molecule has 3 nitrogen and oxygen atoms in total. The third-order valence-corrected chi connectivity index (χ3v) is 2.06. The zero-order valence-corrected chi connectivity index (χ0v) is 7.55. The number of rotatable bonds is 1. The van der Waals surface area contributed by atoms with Gasteiger partial charge in [0.05, 0.1) is 11.2 Å². The van der Waals surface area contributed by atoms with Gasteiger partial charge in [-0.05, 0) is 24.3 Å². The minimum Gasteiger partial charge on any atom is -0.323 e. The van der Waals surface area contributed by atoms with Crippen molar-refractivity contribution >= 4 is 28.2 Å². The number of aromatic nitrogens is 1. The van der Waals surface area contributed by atoms with Gasteiger partial charge in [0.25, 0.3) is 0 Å². The minimum absolute atomic E-state index is 0.624. The van der Waals surface area contributed by atoms with Crippen LogP contribution in [0.1, 0.15) is 0 Å². The largest absolute Gasteiger partial charge is 0.323 e. The molecule has 0 aliphatic heterocycles. The van der Waals surface area contributed by atoms with Crippen LogP contribution in [0.4, 0.5) is 5.69 Å². The first-order valence-corrected chi connectivity index (χ1v) is 4.20. The molecule has 3 N–H and O–H groups in total. The molecule has 2 aromatic rings. The summed E-state index contributed by atoms with van der Waals surface area (Å²) in [7, 11) is 0. The summed E-state index contributed by atoms with van der Waals surface area (Å²) in [6.45, 7) is 0. The van der Waals surface area contributed by atoms with E-state index in [4.69, 9.17) is 17.4 Å². The minimum atomic E-state index is 0.624. The Morgan fingerprint density at radius 2 is 2.23 bits per heavy atom. The number of hydrazine groups is 1. The zero-order valence-electron chi connectivity index (χ0n) is 6.79. The van der Waals surface area contributed by atoms with Gasteiger partial charge in [0.15, 0.2) is 0 Å². The van der Waals surface area contributed by atoms with Gasteiger partial charge in [-0.25, -0.2) is 0 Å². The summed E-state index contributed by atoms with van der Waals surface area (Å²) < 4.78 is 0. The van der Waals surface area contributed by atoms with Gasteiger partial charge < -0.3 is 5.43 Å². The molecule has 0 aliphatic rings. The average molecular weight is 194 g/mol. The van der Waals surface area contributed by atoms with Gasteiger partial charge in [-0.1, -0.05) is 11.6 Å². The van der Waals surface area contributed by atoms with E-state index in [9.17, 15) is 0 Å². The van der Waals surface area contributed by atoms with Crippen molar-refractivity contribution in [1.29, 1.82) is 0 Å². The molecule has 0 spiro atoms. The van der Waals surface area contributed by atoms with Crippen LogP contribution in [0.25, 0.3) is 10.9 Å². The fourth-order valence-corrected chi connectivity index (χ4v) is 1.48. The topological polar surface area (TPSA) is 50.9 Å². The van der Waals surface area contributed by atoms with Crippen molar-refractivity contribution in [2.24, 2.45) is 5.84 Å². The molecule has 13 heavy (non-hydrogen) atoms. The molecule has 2 rings (SSSR count). The number of halogens is 1. The third-order valence-electron chi connectivity index (χ3n) is 1.84. The van der Waals surface area contributed by atoms with E-state index in [-0.39, 0.29) is 0 Å². The summed E-state index contributed by atoms with van der Waals surface area (Å²) in [6.07, 6.45) is 1.72. The first-order chi connectivity index (χ1) is 6.31. The van der Waals surface area contributed by atoms with Crippen molar-refractivity contribution in [3.8, 4) is 0 Å². The molecule has 0 bridgehead atoms. The molecule has 0 saturated heterocycles. The predicted octanol–water partition coefficient (Wildman–Crippen LogP) is 2.17. The van der Waals surface area contributed by atoms with E-state index in [1.165, 1.54) is 0 Å². The molecular formula is C9H8ClN3. The summed E-state index contributed by atoms with van der Waals surface area (Å²) in [5.74, 6) is 5.35. The van der Waals surface area contributed by atoms with Crippen molar-refractivity contribution in [3.63, 3.8) is 0 Å². The molecule has 0 atom stereocenters. The van der Waals surface area contributed by atoms with Gasteiger partial charge in [0.1, 0.15) is 0 Å². The summed E-state index contributed by atoms with van der Waals surface area (Å²) in [6, 6.07) is 7.37. The molecule has 1 heterocycles. The fraction of sp³-hybridized carbons (Fsp3) is 0. The van der Waals surface area contributed by atoms with E-state index in [0.29, 0.717) is 5.02 Å². The number of nitrogen functional groups attached to an aromatic ring is 1. The van der Waals surface area contributed by atoms with Crippen LogP contribution in [0.15, 0.2) is 30.5 Å². The highest BCUT2D eigenvalue weighted by Crippen LogP contribution is 2.25. The van der Waals surface area contributed by atoms with Gasteiger partial charge in [-0.3, -0.25) is 10.8 Å². The maximum Gasteiger partial charge on any atom is 0.0738 e. The molecule has 0 fully saturated rings. The number of fused-ring (bicyclic) bond motifs is 1. The lowest BCUT2D eigenvalue weighted by molar-refractivity contribution is 1.35. The molecule has 0 radical (unpaired) electrons. The second-order valence-corrected chi connectivity index (χ2v) is 3.10. The highest BCUT2D eigenvalue weighted by Gasteiger charge is 2.01. The molecule has 0 saturated carbocycles. The van der Waals surface area contributed by atoms with Crippen LogP contribution in [-0.2, 0) is 0 Å². The Bertz CT molecular complexity index is 442. The summed E-state index contributed by atoms with van der Waals surface area (Å²) >= 11 is 5.87. The van der Waals surface area contributed by atoms with E-state index in [1.807, 2.05) is 12.1 Å². The van der Waals surface area contributed by atoms with Gasteiger partial charge in [0, 0.05) is 16.6 Å². The van der Waals surface area contributed by atoms with Crippen LogP contribution in [-0.4, -0.2) is 4.98 Å². The second kappa shape index (κ2) is 3.20. The lowest BCUT2D eigenvalue weighted by atomic mass is 10.2. The van der Waals surface area contributed by atoms with E-state index < -0.39 is 0 Å². The first kappa shape index (κ1) is 8.29. The first-order valence-electron chi connectivity index (χ1n) is 3.82. The lowest BCUT2D eigenvalue weighted by Crippen LogP contribution is -2.07. The van der Waals surface area contributed by atoms with Crippen LogP contribution in [0, 0.1) is 0 Å². The van der Waals surface area contributed by atoms with Crippen molar-refractivity contribution < 1.29 is 0 Å². The zero-order chi connectivity index (χ0) is 9.26. The van der Waals surface area contributed by atoms with Crippen LogP contribution in [0.3, 0.4) is 0 Å². The Labute approximate surface area is 80.5 Å². The lowest BCUT2D eigenvalue weighted by Gasteiger charge is -2.04. The SMILES string of the molecule is NNc1cc(Cl)cc2ncccc12. The van der Waals surface area contributed by atoms with Gasteiger partial charge in [0.2, 0.25) is 0 Å². The smallest absolute Gasteiger partial charge is 0.0738 e. The normalized spacial score (nSPS) is 10.3. The summed E-state index contributed by atoms with van der Waals surface area (Å²) in [5, 5.41) is 1.59. The van der Waals surface area contributed by atoms with Crippen LogP contribution in [0.2, 0.25) is 5.02 Å².